The van der Waals surface area contributed by atoms with E-state index in [-0.39, 0.29) is 5.92 Å². The number of nitrogens with zero attached hydrogens (tertiary/aromatic N) is 1. The smallest absolute Gasteiger partial charge is 0.0949 e. The molecule has 0 saturated carbocycles. The second-order valence-electron chi connectivity index (χ2n) is 4.22. The second-order valence-corrected chi connectivity index (χ2v) is 6.08. The fourth-order valence-electron chi connectivity index (χ4n) is 2.09. The molecule has 1 unspecified atom stereocenters. The summed E-state index contributed by atoms with van der Waals surface area (Å²) < 4.78 is 1.20. The lowest BCUT2D eigenvalue weighted by Gasteiger charge is -2.31. The monoisotopic (exact) mass is 301 g/mol. The van der Waals surface area contributed by atoms with E-state index in [0.29, 0.717) is 5.84 Å². The Kier molecular flexibility index (Phi) is 4.00. The Bertz CT molecular complexity index is 377. The van der Waals surface area contributed by atoms with Gasteiger partial charge >= 0.3 is 0 Å². The molecule has 0 spiro atoms. The van der Waals surface area contributed by atoms with Crippen LogP contribution in [0.3, 0.4) is 0 Å². The van der Waals surface area contributed by atoms with Crippen LogP contribution in [0.2, 0.25) is 0 Å². The van der Waals surface area contributed by atoms with Gasteiger partial charge in [0.05, 0.1) is 5.84 Å². The molecule has 3 N–H and O–H groups in total. The number of likely N-dealkylation sites (tertiary alicyclic amines) is 1. The molecule has 1 atom stereocenters. The predicted octanol–water partition coefficient (Wildman–Crippen LogP) is 2.66. The summed E-state index contributed by atoms with van der Waals surface area (Å²) in [6, 6.07) is 2.09. The Balaban J connectivity index is 1.95. The van der Waals surface area contributed by atoms with Crippen LogP contribution in [0.4, 0.5) is 0 Å². The van der Waals surface area contributed by atoms with Crippen molar-refractivity contribution in [2.75, 3.05) is 13.1 Å². The average Bonchev–Trinajstić information content (AvgIpc) is 2.65. The summed E-state index contributed by atoms with van der Waals surface area (Å²) >= 11 is 5.33. The first-order valence-electron chi connectivity index (χ1n) is 5.45. The molecule has 0 aromatic carbocycles. The van der Waals surface area contributed by atoms with Crippen molar-refractivity contribution in [1.82, 2.24) is 4.90 Å². The number of nitrogens with two attached hydrogens (primary N) is 1. The summed E-state index contributed by atoms with van der Waals surface area (Å²) in [7, 11) is 0. The Morgan fingerprint density at radius 2 is 2.50 bits per heavy atom. The maximum atomic E-state index is 7.52. The van der Waals surface area contributed by atoms with E-state index in [2.05, 4.69) is 32.3 Å². The molecule has 3 nitrogen and oxygen atoms in total. The van der Waals surface area contributed by atoms with E-state index in [1.54, 1.807) is 11.3 Å². The molecule has 1 aliphatic rings. The number of amidine groups is 1. The summed E-state index contributed by atoms with van der Waals surface area (Å²) in [5.41, 5.74) is 5.58. The highest BCUT2D eigenvalue weighted by Crippen LogP contribution is 2.26. The van der Waals surface area contributed by atoms with Gasteiger partial charge in [0, 0.05) is 28.4 Å². The molecule has 0 aliphatic carbocycles. The molecule has 1 aliphatic heterocycles. The highest BCUT2D eigenvalue weighted by atomic mass is 79.9. The molecule has 2 rings (SSSR count). The van der Waals surface area contributed by atoms with Gasteiger partial charge < -0.3 is 5.73 Å². The van der Waals surface area contributed by atoms with Crippen LogP contribution in [0.15, 0.2) is 15.9 Å². The third-order valence-corrected chi connectivity index (χ3v) is 4.91. The Morgan fingerprint density at radius 1 is 1.69 bits per heavy atom. The first kappa shape index (κ1) is 12.1. The van der Waals surface area contributed by atoms with Crippen molar-refractivity contribution in [3.05, 3.63) is 20.8 Å². The highest BCUT2D eigenvalue weighted by molar-refractivity contribution is 9.10. The minimum atomic E-state index is 0.257. The standard InChI is InChI=1S/C11H16BrN3S/c12-9-3-5-16-10(9)7-15-4-1-2-8(6-15)11(13)14/h3,5,8H,1-2,4,6-7H2,(H3,13,14). The molecule has 0 radical (unpaired) electrons. The topological polar surface area (TPSA) is 53.1 Å². The zero-order valence-electron chi connectivity index (χ0n) is 9.08. The van der Waals surface area contributed by atoms with Gasteiger partial charge in [-0.1, -0.05) is 0 Å². The van der Waals surface area contributed by atoms with Crippen LogP contribution in [0.25, 0.3) is 0 Å². The lowest BCUT2D eigenvalue weighted by Crippen LogP contribution is -2.40. The van der Waals surface area contributed by atoms with Gasteiger partial charge in [-0.05, 0) is 46.8 Å². The minimum absolute atomic E-state index is 0.257. The SMILES string of the molecule is N=C(N)C1CCCN(Cc2sccc2Br)C1. The van der Waals surface area contributed by atoms with Crippen LogP contribution in [-0.2, 0) is 6.54 Å². The number of rotatable bonds is 3. The number of thiophene rings is 1. The van der Waals surface area contributed by atoms with Gasteiger partial charge in [0.15, 0.2) is 0 Å². The zero-order chi connectivity index (χ0) is 11.5. The summed E-state index contributed by atoms with van der Waals surface area (Å²) in [5.74, 6) is 0.599. The quantitative estimate of drug-likeness (QED) is 0.666. The molecule has 2 heterocycles. The van der Waals surface area contributed by atoms with Crippen molar-refractivity contribution in [1.29, 1.82) is 5.41 Å². The maximum Gasteiger partial charge on any atom is 0.0949 e. The van der Waals surface area contributed by atoms with Gasteiger partial charge in [-0.15, -0.1) is 11.3 Å². The van der Waals surface area contributed by atoms with Crippen molar-refractivity contribution in [2.45, 2.75) is 19.4 Å². The molecular formula is C11H16BrN3S. The first-order chi connectivity index (χ1) is 7.66. The lowest BCUT2D eigenvalue weighted by molar-refractivity contribution is 0.197. The molecule has 16 heavy (non-hydrogen) atoms. The molecule has 0 amide bonds. The zero-order valence-corrected chi connectivity index (χ0v) is 11.5. The van der Waals surface area contributed by atoms with Crippen molar-refractivity contribution < 1.29 is 0 Å². The molecular weight excluding hydrogens is 286 g/mol. The average molecular weight is 302 g/mol. The van der Waals surface area contributed by atoms with Gasteiger partial charge in [0.25, 0.3) is 0 Å². The van der Waals surface area contributed by atoms with Crippen LogP contribution in [0.1, 0.15) is 17.7 Å². The molecule has 5 heteroatoms. The number of hydrogen-bond acceptors (Lipinski definition) is 3. The predicted molar refractivity (Wildman–Crippen MR) is 71.9 cm³/mol. The summed E-state index contributed by atoms with van der Waals surface area (Å²) in [5, 5.41) is 9.62. The number of nitrogens with one attached hydrogen (secondary N) is 1. The fraction of sp³-hybridized carbons (Fsp3) is 0.545. The molecule has 1 aromatic heterocycles. The second kappa shape index (κ2) is 5.29. The largest absolute Gasteiger partial charge is 0.387 e. The normalized spacial score (nSPS) is 22.2. The number of halogens is 1. The maximum absolute atomic E-state index is 7.52. The molecule has 1 fully saturated rings. The first-order valence-corrected chi connectivity index (χ1v) is 7.12. The third kappa shape index (κ3) is 2.84. The minimum Gasteiger partial charge on any atom is -0.387 e. The Labute approximate surface area is 108 Å². The van der Waals surface area contributed by atoms with Crippen molar-refractivity contribution in [2.24, 2.45) is 11.7 Å². The summed E-state index contributed by atoms with van der Waals surface area (Å²) in [6.45, 7) is 3.02. The van der Waals surface area contributed by atoms with Crippen molar-refractivity contribution >= 4 is 33.1 Å². The lowest BCUT2D eigenvalue weighted by atomic mass is 9.97. The van der Waals surface area contributed by atoms with Crippen molar-refractivity contribution in [3.8, 4) is 0 Å². The number of hydrogen-bond donors (Lipinski definition) is 2. The Hall–Kier alpha value is -0.390. The molecule has 1 saturated heterocycles. The van der Waals surface area contributed by atoms with Gasteiger partial charge in [0.2, 0.25) is 0 Å². The molecule has 1 aromatic rings. The summed E-state index contributed by atoms with van der Waals surface area (Å²) in [6.07, 6.45) is 2.21. The van der Waals surface area contributed by atoms with E-state index in [1.807, 2.05) is 0 Å². The molecule has 0 bridgehead atoms. The van der Waals surface area contributed by atoms with Gasteiger partial charge in [0.1, 0.15) is 0 Å². The van der Waals surface area contributed by atoms with E-state index >= 15 is 0 Å². The van der Waals surface area contributed by atoms with Crippen LogP contribution < -0.4 is 5.73 Å². The van der Waals surface area contributed by atoms with Gasteiger partial charge in [-0.2, -0.15) is 0 Å². The fourth-order valence-corrected chi connectivity index (χ4v) is 3.61. The van der Waals surface area contributed by atoms with Crippen molar-refractivity contribution in [3.63, 3.8) is 0 Å². The van der Waals surface area contributed by atoms with E-state index in [9.17, 15) is 0 Å². The van der Waals surface area contributed by atoms with Crippen LogP contribution in [0, 0.1) is 11.3 Å². The van der Waals surface area contributed by atoms with E-state index in [0.717, 1.165) is 32.5 Å². The van der Waals surface area contributed by atoms with Crippen LogP contribution in [-0.4, -0.2) is 23.8 Å². The van der Waals surface area contributed by atoms with E-state index in [1.165, 1.54) is 9.35 Å². The van der Waals surface area contributed by atoms with Crippen LogP contribution in [0.5, 0.6) is 0 Å². The van der Waals surface area contributed by atoms with Gasteiger partial charge in [-0.3, -0.25) is 10.3 Å². The summed E-state index contributed by atoms with van der Waals surface area (Å²) in [4.78, 5) is 3.76. The highest BCUT2D eigenvalue weighted by Gasteiger charge is 2.22. The molecule has 88 valence electrons. The van der Waals surface area contributed by atoms with Gasteiger partial charge in [-0.25, -0.2) is 0 Å². The number of piperidine rings is 1. The van der Waals surface area contributed by atoms with Crippen LogP contribution >= 0.6 is 27.3 Å². The van der Waals surface area contributed by atoms with E-state index in [4.69, 9.17) is 11.1 Å². The third-order valence-electron chi connectivity index (χ3n) is 3.00. The Morgan fingerprint density at radius 3 is 3.12 bits per heavy atom. The van der Waals surface area contributed by atoms with E-state index < -0.39 is 0 Å².